The summed E-state index contributed by atoms with van der Waals surface area (Å²) in [7, 11) is 0. The molecule has 0 atom stereocenters. The minimum absolute atomic E-state index is 0.103. The SMILES string of the molecule is Cc1cc(=O)c(-c2ccc(=O)[nH]c2)c(C)o1. The predicted molar refractivity (Wildman–Crippen MR) is 60.5 cm³/mol. The Balaban J connectivity index is 2.69. The zero-order valence-electron chi connectivity index (χ0n) is 9.03. The Labute approximate surface area is 91.6 Å². The van der Waals surface area contributed by atoms with E-state index < -0.39 is 0 Å². The number of hydrogen-bond donors (Lipinski definition) is 1. The molecule has 82 valence electrons. The molecule has 4 nitrogen and oxygen atoms in total. The second kappa shape index (κ2) is 3.81. The summed E-state index contributed by atoms with van der Waals surface area (Å²) in [6.45, 7) is 3.46. The van der Waals surface area contributed by atoms with Gasteiger partial charge >= 0.3 is 0 Å². The fourth-order valence-corrected chi connectivity index (χ4v) is 1.66. The molecule has 0 aliphatic rings. The van der Waals surface area contributed by atoms with Gasteiger partial charge in [0.25, 0.3) is 0 Å². The number of rotatable bonds is 1. The molecule has 4 heteroatoms. The van der Waals surface area contributed by atoms with E-state index in [0.29, 0.717) is 22.6 Å². The second-order valence-corrected chi connectivity index (χ2v) is 3.59. The molecule has 2 aromatic rings. The lowest BCUT2D eigenvalue weighted by Gasteiger charge is -2.04. The van der Waals surface area contributed by atoms with E-state index in [9.17, 15) is 9.59 Å². The van der Waals surface area contributed by atoms with E-state index >= 15 is 0 Å². The van der Waals surface area contributed by atoms with Gasteiger partial charge in [-0.3, -0.25) is 9.59 Å². The van der Waals surface area contributed by atoms with Gasteiger partial charge in [-0.05, 0) is 19.9 Å². The van der Waals surface area contributed by atoms with Gasteiger partial charge in [-0.1, -0.05) is 0 Å². The van der Waals surface area contributed by atoms with Gasteiger partial charge in [0.1, 0.15) is 11.5 Å². The molecule has 0 amide bonds. The van der Waals surface area contributed by atoms with Crippen LogP contribution in [0.1, 0.15) is 11.5 Å². The largest absolute Gasteiger partial charge is 0.466 e. The van der Waals surface area contributed by atoms with Crippen LogP contribution in [0.15, 0.2) is 38.4 Å². The molecule has 16 heavy (non-hydrogen) atoms. The van der Waals surface area contributed by atoms with Crippen LogP contribution in [-0.2, 0) is 0 Å². The molecule has 2 aromatic heterocycles. The summed E-state index contributed by atoms with van der Waals surface area (Å²) in [5.74, 6) is 1.13. The van der Waals surface area contributed by atoms with Crippen molar-refractivity contribution in [1.82, 2.24) is 4.98 Å². The van der Waals surface area contributed by atoms with Crippen molar-refractivity contribution < 1.29 is 4.42 Å². The quantitative estimate of drug-likeness (QED) is 0.789. The molecule has 0 aromatic carbocycles. The highest BCUT2D eigenvalue weighted by molar-refractivity contribution is 5.63. The van der Waals surface area contributed by atoms with Crippen LogP contribution < -0.4 is 11.0 Å². The average Bonchev–Trinajstić information content (AvgIpc) is 2.19. The van der Waals surface area contributed by atoms with Crippen molar-refractivity contribution in [3.05, 3.63) is 56.5 Å². The van der Waals surface area contributed by atoms with E-state index in [1.54, 1.807) is 19.9 Å². The minimum Gasteiger partial charge on any atom is -0.466 e. The highest BCUT2D eigenvalue weighted by Crippen LogP contribution is 2.18. The summed E-state index contributed by atoms with van der Waals surface area (Å²) in [6, 6.07) is 4.43. The van der Waals surface area contributed by atoms with Gasteiger partial charge in [0, 0.05) is 23.9 Å². The second-order valence-electron chi connectivity index (χ2n) is 3.59. The van der Waals surface area contributed by atoms with E-state index in [0.717, 1.165) is 0 Å². The smallest absolute Gasteiger partial charge is 0.247 e. The van der Waals surface area contributed by atoms with Crippen LogP contribution in [0.4, 0.5) is 0 Å². The Bertz CT molecular complexity index is 617. The number of hydrogen-bond acceptors (Lipinski definition) is 3. The van der Waals surface area contributed by atoms with Crippen molar-refractivity contribution in [1.29, 1.82) is 0 Å². The van der Waals surface area contributed by atoms with Gasteiger partial charge in [-0.2, -0.15) is 0 Å². The third-order valence-electron chi connectivity index (χ3n) is 2.32. The van der Waals surface area contributed by atoms with Gasteiger partial charge in [0.05, 0.1) is 5.56 Å². The van der Waals surface area contributed by atoms with Crippen LogP contribution in [0, 0.1) is 13.8 Å². The summed E-state index contributed by atoms with van der Waals surface area (Å²) in [6.07, 6.45) is 1.51. The van der Waals surface area contributed by atoms with Crippen LogP contribution in [0.3, 0.4) is 0 Å². The lowest BCUT2D eigenvalue weighted by atomic mass is 10.1. The summed E-state index contributed by atoms with van der Waals surface area (Å²) >= 11 is 0. The van der Waals surface area contributed by atoms with E-state index in [1.807, 2.05) is 0 Å². The lowest BCUT2D eigenvalue weighted by molar-refractivity contribution is 0.486. The first-order chi connectivity index (χ1) is 7.58. The van der Waals surface area contributed by atoms with Crippen molar-refractivity contribution in [2.45, 2.75) is 13.8 Å². The van der Waals surface area contributed by atoms with Crippen molar-refractivity contribution in [3.63, 3.8) is 0 Å². The zero-order chi connectivity index (χ0) is 11.7. The van der Waals surface area contributed by atoms with E-state index in [2.05, 4.69) is 4.98 Å². The Morgan fingerprint density at radius 3 is 2.50 bits per heavy atom. The third kappa shape index (κ3) is 1.82. The van der Waals surface area contributed by atoms with Gasteiger partial charge in [0.2, 0.25) is 5.56 Å². The van der Waals surface area contributed by atoms with Crippen LogP contribution in [0.2, 0.25) is 0 Å². The number of H-pyrrole nitrogens is 1. The summed E-state index contributed by atoms with van der Waals surface area (Å²) in [5, 5.41) is 0. The number of aryl methyl sites for hydroxylation is 2. The molecule has 0 spiro atoms. The Kier molecular flexibility index (Phi) is 2.48. The molecule has 0 saturated heterocycles. The van der Waals surface area contributed by atoms with Gasteiger partial charge in [-0.25, -0.2) is 0 Å². The van der Waals surface area contributed by atoms with E-state index in [-0.39, 0.29) is 11.0 Å². The summed E-state index contributed by atoms with van der Waals surface area (Å²) < 4.78 is 5.38. The number of pyridine rings is 1. The summed E-state index contributed by atoms with van der Waals surface area (Å²) in [5.41, 5.74) is 0.846. The number of nitrogens with one attached hydrogen (secondary N) is 1. The molecule has 0 aliphatic carbocycles. The third-order valence-corrected chi connectivity index (χ3v) is 2.32. The van der Waals surface area contributed by atoms with Crippen molar-refractivity contribution in [3.8, 4) is 11.1 Å². The Morgan fingerprint density at radius 1 is 1.19 bits per heavy atom. The lowest BCUT2D eigenvalue weighted by Crippen LogP contribution is -2.08. The molecule has 0 bridgehead atoms. The van der Waals surface area contributed by atoms with Gasteiger partial charge in [0.15, 0.2) is 5.43 Å². The molecule has 0 fully saturated rings. The molecule has 1 N–H and O–H groups in total. The molecular weight excluding hydrogens is 206 g/mol. The fraction of sp³-hybridized carbons (Fsp3) is 0.167. The first kappa shape index (κ1) is 10.4. The van der Waals surface area contributed by atoms with Gasteiger partial charge < -0.3 is 9.40 Å². The molecule has 0 radical (unpaired) electrons. The van der Waals surface area contributed by atoms with Crippen LogP contribution in [0.25, 0.3) is 11.1 Å². The van der Waals surface area contributed by atoms with Crippen LogP contribution >= 0.6 is 0 Å². The Morgan fingerprint density at radius 2 is 1.94 bits per heavy atom. The normalized spacial score (nSPS) is 10.4. The first-order valence-electron chi connectivity index (χ1n) is 4.88. The first-order valence-corrected chi connectivity index (χ1v) is 4.88. The highest BCUT2D eigenvalue weighted by Gasteiger charge is 2.09. The number of aromatic nitrogens is 1. The monoisotopic (exact) mass is 217 g/mol. The molecule has 2 heterocycles. The molecule has 0 unspecified atom stereocenters. The molecule has 0 aliphatic heterocycles. The average molecular weight is 217 g/mol. The standard InChI is InChI=1S/C12H11NO3/c1-7-5-10(14)12(8(2)16-7)9-3-4-11(15)13-6-9/h3-6H,1-2H3,(H,13,15). The van der Waals surface area contributed by atoms with Crippen molar-refractivity contribution >= 4 is 0 Å². The Hall–Kier alpha value is -2.10. The molecular formula is C12H11NO3. The fourth-order valence-electron chi connectivity index (χ4n) is 1.66. The van der Waals surface area contributed by atoms with E-state index in [1.165, 1.54) is 18.3 Å². The zero-order valence-corrected chi connectivity index (χ0v) is 9.03. The number of aromatic amines is 1. The minimum atomic E-state index is -0.196. The van der Waals surface area contributed by atoms with Crippen molar-refractivity contribution in [2.24, 2.45) is 0 Å². The summed E-state index contributed by atoms with van der Waals surface area (Å²) in [4.78, 5) is 25.2. The maximum atomic E-state index is 11.8. The van der Waals surface area contributed by atoms with Crippen LogP contribution in [0.5, 0.6) is 0 Å². The molecule has 0 saturated carbocycles. The van der Waals surface area contributed by atoms with E-state index in [4.69, 9.17) is 4.42 Å². The maximum Gasteiger partial charge on any atom is 0.247 e. The van der Waals surface area contributed by atoms with Gasteiger partial charge in [-0.15, -0.1) is 0 Å². The predicted octanol–water partition coefficient (Wildman–Crippen LogP) is 1.61. The topological polar surface area (TPSA) is 63.1 Å². The highest BCUT2D eigenvalue weighted by atomic mass is 16.3. The molecule has 2 rings (SSSR count). The maximum absolute atomic E-state index is 11.8. The van der Waals surface area contributed by atoms with Crippen LogP contribution in [-0.4, -0.2) is 4.98 Å². The van der Waals surface area contributed by atoms with Crippen molar-refractivity contribution in [2.75, 3.05) is 0 Å².